The van der Waals surface area contributed by atoms with Crippen molar-refractivity contribution < 1.29 is 14.3 Å². The van der Waals surface area contributed by atoms with E-state index in [9.17, 15) is 14.7 Å². The van der Waals surface area contributed by atoms with Crippen molar-refractivity contribution in [2.24, 2.45) is 10.3 Å². The minimum Gasteiger partial charge on any atom is -0.477 e. The fourth-order valence-electron chi connectivity index (χ4n) is 5.73. The summed E-state index contributed by atoms with van der Waals surface area (Å²) in [5.74, 6) is -1.90. The lowest BCUT2D eigenvalue weighted by Gasteiger charge is -2.51. The Balaban J connectivity index is 1.69. The van der Waals surface area contributed by atoms with Gasteiger partial charge in [0, 0.05) is 31.2 Å². The summed E-state index contributed by atoms with van der Waals surface area (Å²) in [5.41, 5.74) is -0.717. The lowest BCUT2D eigenvalue weighted by atomic mass is 9.81. The number of likely N-dealkylation sites (tertiary alicyclic amines) is 1. The molecule has 2 fully saturated rings. The van der Waals surface area contributed by atoms with Crippen molar-refractivity contribution in [1.82, 2.24) is 9.47 Å². The van der Waals surface area contributed by atoms with Crippen LogP contribution in [0.3, 0.4) is 0 Å². The number of fused-ring (bicyclic) bond motifs is 2. The van der Waals surface area contributed by atoms with Crippen LogP contribution in [-0.4, -0.2) is 45.3 Å². The molecule has 32 heavy (non-hydrogen) atoms. The van der Waals surface area contributed by atoms with E-state index in [1.807, 2.05) is 6.92 Å². The maximum absolute atomic E-state index is 15.6. The molecule has 5 rings (SSSR count). The monoisotopic (exact) mass is 441 g/mol. The number of carboxylic acids is 1. The lowest BCUT2D eigenvalue weighted by Crippen LogP contribution is -2.65. The van der Waals surface area contributed by atoms with Gasteiger partial charge in [-0.1, -0.05) is 18.1 Å². The van der Waals surface area contributed by atoms with Gasteiger partial charge in [0.15, 0.2) is 0 Å². The summed E-state index contributed by atoms with van der Waals surface area (Å²) in [6.07, 6.45) is 8.65. The zero-order chi connectivity index (χ0) is 22.5. The Morgan fingerprint density at radius 2 is 2.00 bits per heavy atom. The van der Waals surface area contributed by atoms with Gasteiger partial charge in [-0.2, -0.15) is 5.11 Å². The lowest BCUT2D eigenvalue weighted by molar-refractivity contribution is 0.0292. The normalized spacial score (nSPS) is 25.9. The Morgan fingerprint density at radius 3 is 2.72 bits per heavy atom. The predicted octanol–water partition coefficient (Wildman–Crippen LogP) is 4.17. The van der Waals surface area contributed by atoms with Gasteiger partial charge in [-0.15, -0.1) is 0 Å². The van der Waals surface area contributed by atoms with Crippen LogP contribution in [0, 0.1) is 5.82 Å². The summed E-state index contributed by atoms with van der Waals surface area (Å²) in [6.45, 7) is 4.19. The molecule has 1 aromatic heterocycles. The molecule has 0 amide bonds. The van der Waals surface area contributed by atoms with E-state index in [4.69, 9.17) is 0 Å². The van der Waals surface area contributed by atoms with E-state index in [1.54, 1.807) is 15.6 Å². The first-order valence-electron chi connectivity index (χ1n) is 11.5. The number of rotatable bonds is 4. The number of piperidine rings is 1. The molecule has 2 aliphatic heterocycles. The predicted molar refractivity (Wildman–Crippen MR) is 119 cm³/mol. The number of aromatic carboxylic acids is 1. The Labute approximate surface area is 185 Å². The number of pyridine rings is 1. The average Bonchev–Trinajstić information content (AvgIpc) is 3.20. The minimum atomic E-state index is -1.31. The molecule has 1 N–H and O–H groups in total. The van der Waals surface area contributed by atoms with Crippen LogP contribution in [-0.2, 0) is 6.54 Å². The number of aryl methyl sites for hydroxylation is 1. The number of carbonyl (C=O) groups is 1. The number of halogens is 1. The summed E-state index contributed by atoms with van der Waals surface area (Å²) in [7, 11) is 0. The van der Waals surface area contributed by atoms with Gasteiger partial charge in [-0.05, 0) is 51.2 Å². The van der Waals surface area contributed by atoms with Crippen molar-refractivity contribution in [3.63, 3.8) is 0 Å². The molecule has 9 heteroatoms. The van der Waals surface area contributed by atoms with Crippen molar-refractivity contribution >= 4 is 22.6 Å². The SMILES string of the molecule is CCn1cc(C(=O)O)c(=O)c2cc(F)c(N3N=NC4CCCCC43N3CCCCC3)cc21. The number of carboxylic acid groups (broad SMARTS) is 1. The first-order valence-corrected chi connectivity index (χ1v) is 11.5. The van der Waals surface area contributed by atoms with Crippen LogP contribution in [0.15, 0.2) is 33.5 Å². The standard InChI is InChI=1S/C23H28FN5O3/c1-2-27-14-16(22(31)32)21(30)15-12-17(24)19(13-18(15)27)29-23(28-10-6-3-7-11-28)9-5-4-8-20(23)25-26-29/h12-14,20H,2-11H2,1H3,(H,31,32). The highest BCUT2D eigenvalue weighted by molar-refractivity contribution is 5.93. The van der Waals surface area contributed by atoms with Crippen molar-refractivity contribution in [3.05, 3.63) is 39.9 Å². The van der Waals surface area contributed by atoms with Gasteiger partial charge in [0.1, 0.15) is 28.8 Å². The van der Waals surface area contributed by atoms with Gasteiger partial charge in [-0.25, -0.2) is 14.2 Å². The Morgan fingerprint density at radius 1 is 1.22 bits per heavy atom. The zero-order valence-corrected chi connectivity index (χ0v) is 18.3. The van der Waals surface area contributed by atoms with Crippen molar-refractivity contribution in [2.75, 3.05) is 18.1 Å². The van der Waals surface area contributed by atoms with E-state index in [1.165, 1.54) is 18.7 Å². The molecule has 3 heterocycles. The highest BCUT2D eigenvalue weighted by atomic mass is 19.1. The number of hydrogen-bond donors (Lipinski definition) is 1. The van der Waals surface area contributed by atoms with E-state index in [-0.39, 0.29) is 17.0 Å². The Bertz CT molecular complexity index is 1160. The van der Waals surface area contributed by atoms with Gasteiger partial charge >= 0.3 is 5.97 Å². The molecular formula is C23H28FN5O3. The van der Waals surface area contributed by atoms with E-state index in [2.05, 4.69) is 15.2 Å². The second kappa shape index (κ2) is 7.95. The van der Waals surface area contributed by atoms with E-state index >= 15 is 4.39 Å². The van der Waals surface area contributed by atoms with Crippen LogP contribution >= 0.6 is 0 Å². The van der Waals surface area contributed by atoms with E-state index in [0.717, 1.165) is 51.6 Å². The molecule has 3 aliphatic rings. The fourth-order valence-corrected chi connectivity index (χ4v) is 5.73. The van der Waals surface area contributed by atoms with Gasteiger partial charge in [0.05, 0.1) is 5.52 Å². The number of hydrogen-bond acceptors (Lipinski definition) is 6. The molecule has 170 valence electrons. The van der Waals surface area contributed by atoms with Crippen molar-refractivity contribution in [2.45, 2.75) is 70.1 Å². The quantitative estimate of drug-likeness (QED) is 0.769. The molecular weight excluding hydrogens is 413 g/mol. The summed E-state index contributed by atoms with van der Waals surface area (Å²) in [5, 5.41) is 20.3. The number of nitrogens with zero attached hydrogens (tertiary/aromatic N) is 5. The smallest absolute Gasteiger partial charge is 0.341 e. The molecule has 2 unspecified atom stereocenters. The van der Waals surface area contributed by atoms with Crippen LogP contribution in [0.5, 0.6) is 0 Å². The Kier molecular flexibility index (Phi) is 5.23. The molecule has 1 saturated carbocycles. The maximum Gasteiger partial charge on any atom is 0.341 e. The van der Waals surface area contributed by atoms with Gasteiger partial charge in [-0.3, -0.25) is 9.69 Å². The van der Waals surface area contributed by atoms with Gasteiger partial charge in [0.25, 0.3) is 0 Å². The molecule has 2 atom stereocenters. The number of aromatic nitrogens is 1. The second-order valence-corrected chi connectivity index (χ2v) is 8.99. The first-order chi connectivity index (χ1) is 15.5. The van der Waals surface area contributed by atoms with Crippen molar-refractivity contribution in [3.8, 4) is 0 Å². The molecule has 1 aromatic carbocycles. The largest absolute Gasteiger partial charge is 0.477 e. The highest BCUT2D eigenvalue weighted by Gasteiger charge is 2.55. The number of anilines is 1. The van der Waals surface area contributed by atoms with Crippen LogP contribution in [0.1, 0.15) is 62.2 Å². The molecule has 0 radical (unpaired) electrons. The van der Waals surface area contributed by atoms with Gasteiger partial charge in [0.2, 0.25) is 5.43 Å². The first kappa shape index (κ1) is 21.1. The van der Waals surface area contributed by atoms with Crippen LogP contribution in [0.2, 0.25) is 0 Å². The van der Waals surface area contributed by atoms with E-state index in [0.29, 0.717) is 17.7 Å². The molecule has 2 aromatic rings. The van der Waals surface area contributed by atoms with Crippen LogP contribution in [0.4, 0.5) is 10.1 Å². The third-order valence-corrected chi connectivity index (χ3v) is 7.30. The highest BCUT2D eigenvalue weighted by Crippen LogP contribution is 2.47. The molecule has 8 nitrogen and oxygen atoms in total. The minimum absolute atomic E-state index is 0.00722. The fraction of sp³-hybridized carbons (Fsp3) is 0.565. The average molecular weight is 442 g/mol. The molecule has 1 saturated heterocycles. The zero-order valence-electron chi connectivity index (χ0n) is 18.3. The summed E-state index contributed by atoms with van der Waals surface area (Å²) in [6, 6.07) is 2.80. The molecule has 0 spiro atoms. The Hall–Kier alpha value is -2.81. The van der Waals surface area contributed by atoms with Crippen molar-refractivity contribution in [1.29, 1.82) is 0 Å². The molecule has 1 aliphatic carbocycles. The van der Waals surface area contributed by atoms with Crippen LogP contribution < -0.4 is 10.4 Å². The van der Waals surface area contributed by atoms with Crippen LogP contribution in [0.25, 0.3) is 10.9 Å². The third kappa shape index (κ3) is 3.05. The second-order valence-electron chi connectivity index (χ2n) is 8.99. The summed E-state index contributed by atoms with van der Waals surface area (Å²) < 4.78 is 17.2. The van der Waals surface area contributed by atoms with Gasteiger partial charge < -0.3 is 9.67 Å². The summed E-state index contributed by atoms with van der Waals surface area (Å²) >= 11 is 0. The number of benzene rings is 1. The topological polar surface area (TPSA) is 90.5 Å². The summed E-state index contributed by atoms with van der Waals surface area (Å²) in [4.78, 5) is 26.7. The third-order valence-electron chi connectivity index (χ3n) is 7.30. The van der Waals surface area contributed by atoms with E-state index < -0.39 is 22.9 Å². The molecule has 0 bridgehead atoms. The maximum atomic E-state index is 15.6.